The van der Waals surface area contributed by atoms with Crippen molar-refractivity contribution in [1.29, 1.82) is 0 Å². The summed E-state index contributed by atoms with van der Waals surface area (Å²) in [7, 11) is 0. The highest BCUT2D eigenvalue weighted by Crippen LogP contribution is 2.32. The Labute approximate surface area is 153 Å². The number of aromatic nitrogens is 1. The zero-order chi connectivity index (χ0) is 18.1. The van der Waals surface area contributed by atoms with E-state index >= 15 is 0 Å². The van der Waals surface area contributed by atoms with Crippen molar-refractivity contribution in [3.8, 4) is 0 Å². The first-order valence-electron chi connectivity index (χ1n) is 9.25. The molecule has 1 aromatic heterocycles. The van der Waals surface area contributed by atoms with Gasteiger partial charge >= 0.3 is 0 Å². The summed E-state index contributed by atoms with van der Waals surface area (Å²) in [6.07, 6.45) is 3.33. The Morgan fingerprint density at radius 2 is 2.04 bits per heavy atom. The zero-order valence-corrected chi connectivity index (χ0v) is 15.0. The van der Waals surface area contributed by atoms with Crippen LogP contribution in [0.1, 0.15) is 46.1 Å². The molecule has 1 amide bonds. The molecule has 26 heavy (non-hydrogen) atoms. The predicted octanol–water partition coefficient (Wildman–Crippen LogP) is 3.72. The maximum absolute atomic E-state index is 12.8. The molecule has 4 rings (SSSR count). The van der Waals surface area contributed by atoms with Crippen molar-refractivity contribution in [2.45, 2.75) is 39.3 Å². The zero-order valence-electron chi connectivity index (χ0n) is 15.0. The number of rotatable bonds is 4. The molecular weight excluding hydrogens is 324 g/mol. The van der Waals surface area contributed by atoms with Crippen molar-refractivity contribution in [2.24, 2.45) is 5.92 Å². The largest absolute Gasteiger partial charge is 0.392 e. The van der Waals surface area contributed by atoms with Gasteiger partial charge in [0.05, 0.1) is 17.7 Å². The number of nitrogens with one attached hydrogen (secondary N) is 2. The second-order valence-electron chi connectivity index (χ2n) is 7.32. The van der Waals surface area contributed by atoms with E-state index in [1.165, 1.54) is 23.1 Å². The van der Waals surface area contributed by atoms with Crippen LogP contribution >= 0.6 is 0 Å². The van der Waals surface area contributed by atoms with Crippen LogP contribution in [0, 0.1) is 5.92 Å². The highest BCUT2D eigenvalue weighted by atomic mass is 16.3. The number of hydrogen-bond acceptors (Lipinski definition) is 2. The second-order valence-corrected chi connectivity index (χ2v) is 7.32. The number of H-pyrrole nitrogens is 1. The SMILES string of the molecule is CC1CCc2[nH]c3c(C(=O)NCc4cccc(CO)c4)cccc3c2C1. The van der Waals surface area contributed by atoms with Crippen molar-refractivity contribution in [1.82, 2.24) is 10.3 Å². The third-order valence-electron chi connectivity index (χ3n) is 5.34. The molecule has 3 aromatic rings. The second kappa shape index (κ2) is 6.96. The molecule has 1 unspecified atom stereocenters. The van der Waals surface area contributed by atoms with Gasteiger partial charge in [0, 0.05) is 17.6 Å². The van der Waals surface area contributed by atoms with E-state index in [0.29, 0.717) is 18.0 Å². The van der Waals surface area contributed by atoms with Crippen LogP contribution in [-0.2, 0) is 26.0 Å². The standard InChI is InChI=1S/C22H24N2O2/c1-14-8-9-20-19(10-14)17-6-3-7-18(21(17)24-20)22(26)23-12-15-4-2-5-16(11-15)13-25/h2-7,11,14,24-25H,8-10,12-13H2,1H3,(H,23,26). The number of aryl methyl sites for hydroxylation is 1. The Morgan fingerprint density at radius 3 is 2.88 bits per heavy atom. The Kier molecular flexibility index (Phi) is 4.51. The summed E-state index contributed by atoms with van der Waals surface area (Å²) in [5.41, 5.74) is 6.15. The summed E-state index contributed by atoms with van der Waals surface area (Å²) < 4.78 is 0. The third-order valence-corrected chi connectivity index (χ3v) is 5.34. The molecule has 0 spiro atoms. The lowest BCUT2D eigenvalue weighted by Crippen LogP contribution is -2.23. The van der Waals surface area contributed by atoms with Crippen LogP contribution in [0.3, 0.4) is 0 Å². The van der Waals surface area contributed by atoms with Crippen LogP contribution in [0.25, 0.3) is 10.9 Å². The number of aliphatic hydroxyl groups is 1. The number of carbonyl (C=O) groups is 1. The van der Waals surface area contributed by atoms with Crippen molar-refractivity contribution >= 4 is 16.8 Å². The number of fused-ring (bicyclic) bond motifs is 3. The number of benzene rings is 2. The first kappa shape index (κ1) is 16.9. The molecule has 1 aliphatic carbocycles. The maximum Gasteiger partial charge on any atom is 0.253 e. The average molecular weight is 348 g/mol. The summed E-state index contributed by atoms with van der Waals surface area (Å²) in [6.45, 7) is 2.74. The summed E-state index contributed by atoms with van der Waals surface area (Å²) in [6, 6.07) is 13.6. The minimum absolute atomic E-state index is 0.00749. The first-order chi connectivity index (χ1) is 12.7. The van der Waals surface area contributed by atoms with Crippen LogP contribution in [0.5, 0.6) is 0 Å². The number of para-hydroxylation sites is 1. The average Bonchev–Trinajstić information content (AvgIpc) is 3.04. The predicted molar refractivity (Wildman–Crippen MR) is 103 cm³/mol. The fourth-order valence-electron chi connectivity index (χ4n) is 3.92. The number of carbonyl (C=O) groups excluding carboxylic acids is 1. The molecule has 1 atom stereocenters. The van der Waals surface area contributed by atoms with E-state index in [4.69, 9.17) is 0 Å². The Bertz CT molecular complexity index is 958. The monoisotopic (exact) mass is 348 g/mol. The van der Waals surface area contributed by atoms with Gasteiger partial charge in [0.25, 0.3) is 5.91 Å². The lowest BCUT2D eigenvalue weighted by atomic mass is 9.87. The first-order valence-corrected chi connectivity index (χ1v) is 9.25. The molecule has 0 bridgehead atoms. The van der Waals surface area contributed by atoms with Crippen molar-refractivity contribution in [3.05, 3.63) is 70.4 Å². The molecule has 0 aliphatic heterocycles. The highest BCUT2D eigenvalue weighted by molar-refractivity contribution is 6.06. The quantitative estimate of drug-likeness (QED) is 0.673. The summed E-state index contributed by atoms with van der Waals surface area (Å²) in [5, 5.41) is 13.4. The minimum atomic E-state index is -0.0725. The van der Waals surface area contributed by atoms with E-state index in [2.05, 4.69) is 23.3 Å². The lowest BCUT2D eigenvalue weighted by Gasteiger charge is -2.17. The van der Waals surface area contributed by atoms with Crippen molar-refractivity contribution in [2.75, 3.05) is 0 Å². The summed E-state index contributed by atoms with van der Waals surface area (Å²) in [4.78, 5) is 16.3. The van der Waals surface area contributed by atoms with E-state index in [1.807, 2.05) is 36.4 Å². The number of aliphatic hydroxyl groups excluding tert-OH is 1. The van der Waals surface area contributed by atoms with Gasteiger partial charge < -0.3 is 15.4 Å². The van der Waals surface area contributed by atoms with E-state index in [-0.39, 0.29) is 12.5 Å². The van der Waals surface area contributed by atoms with Crippen LogP contribution < -0.4 is 5.32 Å². The highest BCUT2D eigenvalue weighted by Gasteiger charge is 2.22. The minimum Gasteiger partial charge on any atom is -0.392 e. The molecule has 4 heteroatoms. The topological polar surface area (TPSA) is 65.1 Å². The van der Waals surface area contributed by atoms with E-state index in [9.17, 15) is 9.90 Å². The third kappa shape index (κ3) is 3.13. The molecule has 3 N–H and O–H groups in total. The van der Waals surface area contributed by atoms with Gasteiger partial charge in [-0.3, -0.25) is 4.79 Å². The smallest absolute Gasteiger partial charge is 0.253 e. The lowest BCUT2D eigenvalue weighted by molar-refractivity contribution is 0.0952. The Hall–Kier alpha value is -2.59. The van der Waals surface area contributed by atoms with Crippen LogP contribution in [-0.4, -0.2) is 16.0 Å². The maximum atomic E-state index is 12.8. The molecule has 0 radical (unpaired) electrons. The van der Waals surface area contributed by atoms with Gasteiger partial charge in [-0.15, -0.1) is 0 Å². The fourth-order valence-corrected chi connectivity index (χ4v) is 3.92. The molecule has 0 saturated carbocycles. The van der Waals surface area contributed by atoms with E-state index in [1.54, 1.807) is 0 Å². The van der Waals surface area contributed by atoms with E-state index in [0.717, 1.165) is 29.5 Å². The van der Waals surface area contributed by atoms with Gasteiger partial charge in [-0.25, -0.2) is 0 Å². The number of amides is 1. The van der Waals surface area contributed by atoms with Crippen molar-refractivity contribution in [3.63, 3.8) is 0 Å². The number of aromatic amines is 1. The normalized spacial score (nSPS) is 16.5. The molecule has 0 saturated heterocycles. The molecule has 2 aromatic carbocycles. The van der Waals surface area contributed by atoms with Crippen LogP contribution in [0.2, 0.25) is 0 Å². The van der Waals surface area contributed by atoms with Gasteiger partial charge in [-0.2, -0.15) is 0 Å². The molecular formula is C22H24N2O2. The fraction of sp³-hybridized carbons (Fsp3) is 0.318. The summed E-state index contributed by atoms with van der Waals surface area (Å²) in [5.74, 6) is 0.620. The van der Waals surface area contributed by atoms with Crippen LogP contribution in [0.15, 0.2) is 42.5 Å². The van der Waals surface area contributed by atoms with Gasteiger partial charge in [0.15, 0.2) is 0 Å². The summed E-state index contributed by atoms with van der Waals surface area (Å²) >= 11 is 0. The molecule has 1 aliphatic rings. The van der Waals surface area contributed by atoms with E-state index < -0.39 is 0 Å². The van der Waals surface area contributed by atoms with Gasteiger partial charge in [0.2, 0.25) is 0 Å². The Morgan fingerprint density at radius 1 is 1.23 bits per heavy atom. The van der Waals surface area contributed by atoms with Crippen LogP contribution in [0.4, 0.5) is 0 Å². The van der Waals surface area contributed by atoms with Crippen molar-refractivity contribution < 1.29 is 9.90 Å². The van der Waals surface area contributed by atoms with Gasteiger partial charge in [0.1, 0.15) is 0 Å². The number of hydrogen-bond donors (Lipinski definition) is 3. The van der Waals surface area contributed by atoms with Gasteiger partial charge in [-0.05, 0) is 47.9 Å². The van der Waals surface area contributed by atoms with Gasteiger partial charge in [-0.1, -0.05) is 43.3 Å². The Balaban J connectivity index is 1.59. The molecule has 0 fully saturated rings. The molecule has 134 valence electrons. The molecule has 4 nitrogen and oxygen atoms in total. The molecule has 1 heterocycles.